The van der Waals surface area contributed by atoms with Crippen LogP contribution in [-0.2, 0) is 4.79 Å². The van der Waals surface area contributed by atoms with Gasteiger partial charge in [-0.1, -0.05) is 12.1 Å². The number of likely N-dealkylation sites (N-methyl/N-ethyl adjacent to an activating group) is 1. The Bertz CT molecular complexity index is 549. The Hall–Kier alpha value is -1.86. The molecule has 0 aliphatic rings. The van der Waals surface area contributed by atoms with Gasteiger partial charge < -0.3 is 15.0 Å². The molecule has 0 heterocycles. The molecular weight excluding hydrogens is 312 g/mol. The molecule has 7 heteroatoms. The lowest BCUT2D eigenvalue weighted by molar-refractivity contribution is -0.127. The van der Waals surface area contributed by atoms with Gasteiger partial charge in [-0.25, -0.2) is 0 Å². The van der Waals surface area contributed by atoms with E-state index < -0.39 is 6.10 Å². The quantitative estimate of drug-likeness (QED) is 0.534. The fraction of sp³-hybridized carbons (Fsp3) is 0.500. The van der Waals surface area contributed by atoms with Crippen molar-refractivity contribution in [1.29, 1.82) is 0 Å². The minimum Gasteiger partial charge on any atom is -0.481 e. The van der Waals surface area contributed by atoms with Crippen molar-refractivity contribution >= 4 is 23.2 Å². The SMILES string of the molecule is Cc1cccc(O[C@H](C)C(=O)NNC(=S)NCCN(C)C)c1C. The van der Waals surface area contributed by atoms with Gasteiger partial charge in [0.15, 0.2) is 11.2 Å². The number of carbonyl (C=O) groups excluding carboxylic acids is 1. The van der Waals surface area contributed by atoms with Crippen molar-refractivity contribution in [2.24, 2.45) is 0 Å². The van der Waals surface area contributed by atoms with Crippen molar-refractivity contribution in [1.82, 2.24) is 21.1 Å². The maximum atomic E-state index is 12.0. The van der Waals surface area contributed by atoms with Gasteiger partial charge in [-0.2, -0.15) is 0 Å². The molecule has 0 aliphatic heterocycles. The summed E-state index contributed by atoms with van der Waals surface area (Å²) in [6, 6.07) is 5.77. The maximum absolute atomic E-state index is 12.0. The Morgan fingerprint density at radius 1 is 1.30 bits per heavy atom. The second-order valence-corrected chi connectivity index (χ2v) is 6.04. The number of hydrazine groups is 1. The van der Waals surface area contributed by atoms with E-state index >= 15 is 0 Å². The summed E-state index contributed by atoms with van der Waals surface area (Å²) in [7, 11) is 3.96. The highest BCUT2D eigenvalue weighted by molar-refractivity contribution is 7.80. The van der Waals surface area contributed by atoms with Crippen molar-refractivity contribution in [3.8, 4) is 5.75 Å². The molecule has 1 amide bonds. The maximum Gasteiger partial charge on any atom is 0.279 e. The number of ether oxygens (including phenoxy) is 1. The first-order valence-corrected chi connectivity index (χ1v) is 7.93. The number of hydrogen-bond donors (Lipinski definition) is 3. The third-order valence-corrected chi connectivity index (χ3v) is 3.62. The number of aryl methyl sites for hydroxylation is 1. The summed E-state index contributed by atoms with van der Waals surface area (Å²) in [5, 5.41) is 3.37. The Labute approximate surface area is 143 Å². The third-order valence-electron chi connectivity index (χ3n) is 3.37. The molecule has 6 nitrogen and oxygen atoms in total. The Balaban J connectivity index is 2.39. The summed E-state index contributed by atoms with van der Waals surface area (Å²) in [5.41, 5.74) is 7.37. The molecule has 0 spiro atoms. The summed E-state index contributed by atoms with van der Waals surface area (Å²) in [4.78, 5) is 14.1. The van der Waals surface area contributed by atoms with E-state index in [1.54, 1.807) is 6.92 Å². The smallest absolute Gasteiger partial charge is 0.279 e. The lowest BCUT2D eigenvalue weighted by Gasteiger charge is -2.18. The van der Waals surface area contributed by atoms with E-state index in [2.05, 4.69) is 16.2 Å². The number of nitrogens with zero attached hydrogens (tertiary/aromatic N) is 1. The summed E-state index contributed by atoms with van der Waals surface area (Å²) >= 11 is 5.08. The standard InChI is InChI=1S/C16H26N4O2S/c1-11-7-6-8-14(12(11)2)22-13(3)15(21)18-19-16(23)17-9-10-20(4)5/h6-8,13H,9-10H2,1-5H3,(H,18,21)(H2,17,19,23)/t13-/m1/s1. The number of nitrogens with one attached hydrogen (secondary N) is 3. The van der Waals surface area contributed by atoms with E-state index in [9.17, 15) is 4.79 Å². The molecule has 1 rings (SSSR count). The number of rotatable bonds is 6. The predicted molar refractivity (Wildman–Crippen MR) is 96.4 cm³/mol. The molecule has 1 aromatic carbocycles. The summed E-state index contributed by atoms with van der Waals surface area (Å²) < 4.78 is 5.71. The molecule has 0 saturated heterocycles. The Kier molecular flexibility index (Phi) is 7.77. The van der Waals surface area contributed by atoms with E-state index in [4.69, 9.17) is 17.0 Å². The van der Waals surface area contributed by atoms with E-state index in [0.29, 0.717) is 17.4 Å². The highest BCUT2D eigenvalue weighted by atomic mass is 32.1. The van der Waals surface area contributed by atoms with Gasteiger partial charge in [0.1, 0.15) is 5.75 Å². The van der Waals surface area contributed by atoms with Crippen LogP contribution < -0.4 is 20.9 Å². The number of amides is 1. The number of thiocarbonyl (C=S) groups is 1. The Morgan fingerprint density at radius 2 is 2.00 bits per heavy atom. The van der Waals surface area contributed by atoms with Gasteiger partial charge in [0.25, 0.3) is 5.91 Å². The molecule has 0 unspecified atom stereocenters. The lowest BCUT2D eigenvalue weighted by Crippen LogP contribution is -2.51. The molecule has 1 aromatic rings. The first-order chi connectivity index (χ1) is 10.8. The van der Waals surface area contributed by atoms with Gasteiger partial charge in [0.05, 0.1) is 0 Å². The summed E-state index contributed by atoms with van der Waals surface area (Å²) in [6.07, 6.45) is -0.632. The summed E-state index contributed by atoms with van der Waals surface area (Å²) in [5.74, 6) is 0.419. The zero-order chi connectivity index (χ0) is 17.4. The minimum absolute atomic E-state index is 0.289. The van der Waals surface area contributed by atoms with Gasteiger partial charge >= 0.3 is 0 Å². The second kappa shape index (κ2) is 9.32. The predicted octanol–water partition coefficient (Wildman–Crippen LogP) is 1.13. The van der Waals surface area contributed by atoms with Crippen molar-refractivity contribution in [3.05, 3.63) is 29.3 Å². The van der Waals surface area contributed by atoms with Gasteiger partial charge in [-0.3, -0.25) is 15.6 Å². The molecule has 0 radical (unpaired) electrons. The zero-order valence-electron chi connectivity index (χ0n) is 14.4. The topological polar surface area (TPSA) is 65.6 Å². The van der Waals surface area contributed by atoms with Crippen LogP contribution in [0.5, 0.6) is 5.75 Å². The van der Waals surface area contributed by atoms with Crippen LogP contribution >= 0.6 is 12.2 Å². The van der Waals surface area contributed by atoms with Crippen LogP contribution in [0.4, 0.5) is 0 Å². The van der Waals surface area contributed by atoms with E-state index in [0.717, 1.165) is 17.7 Å². The minimum atomic E-state index is -0.632. The average molecular weight is 338 g/mol. The monoisotopic (exact) mass is 338 g/mol. The van der Waals surface area contributed by atoms with Crippen LogP contribution in [0.3, 0.4) is 0 Å². The normalized spacial score (nSPS) is 11.7. The average Bonchev–Trinajstić information content (AvgIpc) is 2.49. The first-order valence-electron chi connectivity index (χ1n) is 7.52. The number of hydrogen-bond acceptors (Lipinski definition) is 4. The van der Waals surface area contributed by atoms with Gasteiger partial charge in [-0.05, 0) is 64.3 Å². The van der Waals surface area contributed by atoms with Crippen molar-refractivity contribution in [2.45, 2.75) is 26.9 Å². The van der Waals surface area contributed by atoms with Gasteiger partial charge in [0.2, 0.25) is 0 Å². The Morgan fingerprint density at radius 3 is 2.65 bits per heavy atom. The van der Waals surface area contributed by atoms with Gasteiger partial charge in [-0.15, -0.1) is 0 Å². The van der Waals surface area contributed by atoms with E-state index in [-0.39, 0.29) is 5.91 Å². The van der Waals surface area contributed by atoms with Gasteiger partial charge in [0, 0.05) is 13.1 Å². The van der Waals surface area contributed by atoms with Crippen molar-refractivity contribution in [3.63, 3.8) is 0 Å². The van der Waals surface area contributed by atoms with Crippen LogP contribution in [0.1, 0.15) is 18.1 Å². The van der Waals surface area contributed by atoms with Crippen LogP contribution in [0.15, 0.2) is 18.2 Å². The lowest BCUT2D eigenvalue weighted by atomic mass is 10.1. The molecule has 0 aromatic heterocycles. The molecule has 3 N–H and O–H groups in total. The molecule has 1 atom stereocenters. The van der Waals surface area contributed by atoms with Crippen LogP contribution in [-0.4, -0.2) is 49.2 Å². The summed E-state index contributed by atoms with van der Waals surface area (Å²) in [6.45, 7) is 7.22. The van der Waals surface area contributed by atoms with Crippen LogP contribution in [0.2, 0.25) is 0 Å². The molecule has 0 aliphatic carbocycles. The first kappa shape index (κ1) is 19.2. The zero-order valence-corrected chi connectivity index (χ0v) is 15.2. The highest BCUT2D eigenvalue weighted by Crippen LogP contribution is 2.21. The molecule has 0 saturated carbocycles. The second-order valence-electron chi connectivity index (χ2n) is 5.63. The largest absolute Gasteiger partial charge is 0.481 e. The molecule has 23 heavy (non-hydrogen) atoms. The van der Waals surface area contributed by atoms with Crippen LogP contribution in [0.25, 0.3) is 0 Å². The van der Waals surface area contributed by atoms with Crippen LogP contribution in [0, 0.1) is 13.8 Å². The van der Waals surface area contributed by atoms with Crippen molar-refractivity contribution < 1.29 is 9.53 Å². The van der Waals surface area contributed by atoms with E-state index in [1.807, 2.05) is 51.0 Å². The fourth-order valence-corrected chi connectivity index (χ4v) is 1.91. The molecule has 0 bridgehead atoms. The number of benzene rings is 1. The fourth-order valence-electron chi connectivity index (χ4n) is 1.75. The molecular formula is C16H26N4O2S. The molecule has 128 valence electrons. The van der Waals surface area contributed by atoms with E-state index in [1.165, 1.54) is 0 Å². The third kappa shape index (κ3) is 6.83. The number of carbonyl (C=O) groups is 1. The molecule has 0 fully saturated rings. The highest BCUT2D eigenvalue weighted by Gasteiger charge is 2.16. The van der Waals surface area contributed by atoms with Crippen molar-refractivity contribution in [2.75, 3.05) is 27.2 Å².